The highest BCUT2D eigenvalue weighted by Gasteiger charge is 2.18. The van der Waals surface area contributed by atoms with Gasteiger partial charge in [-0.25, -0.2) is 22.6 Å². The van der Waals surface area contributed by atoms with Crippen LogP contribution in [0.15, 0.2) is 46.2 Å². The van der Waals surface area contributed by atoms with Crippen LogP contribution in [0.1, 0.15) is 18.3 Å². The lowest BCUT2D eigenvalue weighted by atomic mass is 10.2. The molecule has 0 aliphatic heterocycles. The topological polar surface area (TPSA) is 96.3 Å². The lowest BCUT2D eigenvalue weighted by Crippen LogP contribution is -2.22. The molecule has 3 rings (SSSR count). The van der Waals surface area contributed by atoms with E-state index in [9.17, 15) is 17.6 Å². The Bertz CT molecular complexity index is 1040. The number of halogens is 1. The summed E-state index contributed by atoms with van der Waals surface area (Å²) in [6.45, 7) is 1.87. The fraction of sp³-hybridized carbons (Fsp3) is 0.200. The zero-order valence-corrected chi connectivity index (χ0v) is 13.6. The van der Waals surface area contributed by atoms with Gasteiger partial charge in [0.2, 0.25) is 10.0 Å². The zero-order valence-electron chi connectivity index (χ0n) is 12.8. The van der Waals surface area contributed by atoms with Crippen molar-refractivity contribution in [3.63, 3.8) is 0 Å². The number of H-pyrrole nitrogens is 1. The van der Waals surface area contributed by atoms with Gasteiger partial charge < -0.3 is 0 Å². The molecule has 0 aliphatic rings. The molecule has 0 aliphatic carbocycles. The smallest absolute Gasteiger partial charge is 0.288 e. The standard InChI is InChI=1S/C15H15FN4O3S/c1-2-14-18-19-15(21)13-7-12(9-20(13)14)24(22,23)17-8-10-3-5-11(16)6-4-10/h3-7,9,17H,2,8H2,1H3,(H,19,21). The van der Waals surface area contributed by atoms with Crippen molar-refractivity contribution < 1.29 is 12.8 Å². The minimum absolute atomic E-state index is 0.0179. The number of nitrogens with one attached hydrogen (secondary N) is 2. The van der Waals surface area contributed by atoms with Crippen molar-refractivity contribution in [1.82, 2.24) is 19.3 Å². The van der Waals surface area contributed by atoms with E-state index in [0.717, 1.165) is 0 Å². The molecule has 0 fully saturated rings. The first-order valence-electron chi connectivity index (χ1n) is 7.24. The first kappa shape index (κ1) is 16.3. The molecule has 0 spiro atoms. The highest BCUT2D eigenvalue weighted by Crippen LogP contribution is 2.14. The van der Waals surface area contributed by atoms with E-state index in [0.29, 0.717) is 17.8 Å². The Balaban J connectivity index is 1.92. The second-order valence-corrected chi connectivity index (χ2v) is 6.97. The van der Waals surface area contributed by atoms with E-state index in [4.69, 9.17) is 0 Å². The quantitative estimate of drug-likeness (QED) is 0.723. The van der Waals surface area contributed by atoms with Crippen LogP contribution in [0.5, 0.6) is 0 Å². The van der Waals surface area contributed by atoms with Gasteiger partial charge >= 0.3 is 0 Å². The van der Waals surface area contributed by atoms with Crippen molar-refractivity contribution in [1.29, 1.82) is 0 Å². The lowest BCUT2D eigenvalue weighted by molar-refractivity contribution is 0.581. The summed E-state index contributed by atoms with van der Waals surface area (Å²) in [6, 6.07) is 6.81. The minimum atomic E-state index is -3.82. The van der Waals surface area contributed by atoms with Crippen LogP contribution in [-0.4, -0.2) is 23.0 Å². The predicted molar refractivity (Wildman–Crippen MR) is 85.6 cm³/mol. The highest BCUT2D eigenvalue weighted by atomic mass is 32.2. The van der Waals surface area contributed by atoms with Gasteiger partial charge in [-0.1, -0.05) is 19.1 Å². The second-order valence-electron chi connectivity index (χ2n) is 5.20. The molecule has 126 valence electrons. The molecule has 0 atom stereocenters. The number of sulfonamides is 1. The molecule has 1 aromatic carbocycles. The third-order valence-corrected chi connectivity index (χ3v) is 4.97. The van der Waals surface area contributed by atoms with E-state index in [1.54, 1.807) is 0 Å². The molecule has 0 amide bonds. The van der Waals surface area contributed by atoms with E-state index in [1.807, 2.05) is 6.92 Å². The summed E-state index contributed by atoms with van der Waals surface area (Å²) in [5.41, 5.74) is 0.369. The first-order chi connectivity index (χ1) is 11.4. The van der Waals surface area contributed by atoms with Gasteiger partial charge in [0.25, 0.3) is 5.56 Å². The van der Waals surface area contributed by atoms with Crippen molar-refractivity contribution in [2.24, 2.45) is 0 Å². The monoisotopic (exact) mass is 350 g/mol. The number of hydrogen-bond acceptors (Lipinski definition) is 4. The Morgan fingerprint density at radius 1 is 1.29 bits per heavy atom. The summed E-state index contributed by atoms with van der Waals surface area (Å²) in [4.78, 5) is 11.8. The maximum absolute atomic E-state index is 12.9. The molecule has 9 heteroatoms. The van der Waals surface area contributed by atoms with Gasteiger partial charge in [-0.3, -0.25) is 9.20 Å². The van der Waals surface area contributed by atoms with E-state index in [1.165, 1.54) is 40.9 Å². The normalized spacial score (nSPS) is 11.9. The molecule has 2 N–H and O–H groups in total. The molecule has 2 heterocycles. The first-order valence-corrected chi connectivity index (χ1v) is 8.73. The van der Waals surface area contributed by atoms with E-state index in [2.05, 4.69) is 14.9 Å². The average molecular weight is 350 g/mol. The van der Waals surface area contributed by atoms with Crippen molar-refractivity contribution in [3.05, 3.63) is 64.1 Å². The predicted octanol–water partition coefficient (Wildman–Crippen LogP) is 1.20. The number of nitrogens with zero attached hydrogens (tertiary/aromatic N) is 2. The van der Waals surface area contributed by atoms with Gasteiger partial charge in [-0.2, -0.15) is 5.10 Å². The van der Waals surface area contributed by atoms with Crippen LogP contribution < -0.4 is 10.3 Å². The number of aromatic amines is 1. The van der Waals surface area contributed by atoms with Crippen molar-refractivity contribution in [3.8, 4) is 0 Å². The molecular weight excluding hydrogens is 335 g/mol. The summed E-state index contributed by atoms with van der Waals surface area (Å²) in [7, 11) is -3.82. The minimum Gasteiger partial charge on any atom is -0.297 e. The number of fused-ring (bicyclic) bond motifs is 1. The molecular formula is C15H15FN4O3S. The summed E-state index contributed by atoms with van der Waals surface area (Å²) in [6.07, 6.45) is 1.90. The third kappa shape index (κ3) is 3.08. The lowest BCUT2D eigenvalue weighted by Gasteiger charge is -2.05. The molecule has 0 saturated heterocycles. The SMILES string of the molecule is CCc1n[nH]c(=O)c2cc(S(=O)(=O)NCc3ccc(F)cc3)cn12. The molecule has 0 bridgehead atoms. The van der Waals surface area contributed by atoms with E-state index in [-0.39, 0.29) is 22.8 Å². The maximum Gasteiger partial charge on any atom is 0.288 e. The average Bonchev–Trinajstić information content (AvgIpc) is 3.02. The van der Waals surface area contributed by atoms with Gasteiger partial charge in [-0.15, -0.1) is 0 Å². The fourth-order valence-electron chi connectivity index (χ4n) is 2.31. The summed E-state index contributed by atoms with van der Waals surface area (Å²) < 4.78 is 41.6. The Morgan fingerprint density at radius 3 is 2.67 bits per heavy atom. The Labute approximate surface area is 137 Å². The third-order valence-electron chi connectivity index (χ3n) is 3.60. The fourth-order valence-corrected chi connectivity index (χ4v) is 3.35. The Kier molecular flexibility index (Phi) is 4.20. The van der Waals surface area contributed by atoms with Crippen LogP contribution >= 0.6 is 0 Å². The summed E-state index contributed by atoms with van der Waals surface area (Å²) >= 11 is 0. The van der Waals surface area contributed by atoms with Gasteiger partial charge in [0.1, 0.15) is 22.1 Å². The van der Waals surface area contributed by atoms with Crippen molar-refractivity contribution >= 4 is 15.5 Å². The molecule has 7 nitrogen and oxygen atoms in total. The molecule has 3 aromatic rings. The van der Waals surface area contributed by atoms with Gasteiger partial charge in [0.05, 0.1) is 0 Å². The number of aryl methyl sites for hydroxylation is 1. The van der Waals surface area contributed by atoms with E-state index < -0.39 is 15.6 Å². The van der Waals surface area contributed by atoms with Crippen LogP contribution in [-0.2, 0) is 23.0 Å². The number of aromatic nitrogens is 3. The van der Waals surface area contributed by atoms with Crippen LogP contribution in [0.2, 0.25) is 0 Å². The van der Waals surface area contributed by atoms with Crippen molar-refractivity contribution in [2.45, 2.75) is 24.8 Å². The van der Waals surface area contributed by atoms with Gasteiger partial charge in [0.15, 0.2) is 0 Å². The molecule has 2 aromatic heterocycles. The number of hydrogen-bond donors (Lipinski definition) is 2. The Hall–Kier alpha value is -2.52. The van der Waals surface area contributed by atoms with Crippen LogP contribution in [0.3, 0.4) is 0 Å². The largest absolute Gasteiger partial charge is 0.297 e. The van der Waals surface area contributed by atoms with Gasteiger partial charge in [0, 0.05) is 19.2 Å². The molecule has 24 heavy (non-hydrogen) atoms. The van der Waals surface area contributed by atoms with Crippen LogP contribution in [0.4, 0.5) is 4.39 Å². The molecule has 0 unspecified atom stereocenters. The molecule has 0 radical (unpaired) electrons. The maximum atomic E-state index is 12.9. The van der Waals surface area contributed by atoms with Crippen molar-refractivity contribution in [2.75, 3.05) is 0 Å². The zero-order chi connectivity index (χ0) is 17.3. The highest BCUT2D eigenvalue weighted by molar-refractivity contribution is 7.89. The van der Waals surface area contributed by atoms with E-state index >= 15 is 0 Å². The van der Waals surface area contributed by atoms with Crippen LogP contribution in [0.25, 0.3) is 5.52 Å². The van der Waals surface area contributed by atoms with Gasteiger partial charge in [-0.05, 0) is 23.8 Å². The molecule has 0 saturated carbocycles. The van der Waals surface area contributed by atoms with Crippen LogP contribution in [0, 0.1) is 5.82 Å². The Morgan fingerprint density at radius 2 is 2.00 bits per heavy atom. The summed E-state index contributed by atoms with van der Waals surface area (Å²) in [5, 5.41) is 6.24. The number of benzene rings is 1. The second kappa shape index (κ2) is 6.17. The number of rotatable bonds is 5. The summed E-state index contributed by atoms with van der Waals surface area (Å²) in [5.74, 6) is 0.156.